The molecule has 1 aromatic rings. The Morgan fingerprint density at radius 3 is 2.44 bits per heavy atom. The van der Waals surface area contributed by atoms with Gasteiger partial charge in [-0.05, 0) is 30.0 Å². The van der Waals surface area contributed by atoms with Gasteiger partial charge in [-0.1, -0.05) is 50.4 Å². The lowest BCUT2D eigenvalue weighted by Gasteiger charge is -2.20. The van der Waals surface area contributed by atoms with Crippen molar-refractivity contribution in [2.75, 3.05) is 6.61 Å². The van der Waals surface area contributed by atoms with Crippen molar-refractivity contribution in [2.45, 2.75) is 39.0 Å². The van der Waals surface area contributed by atoms with E-state index in [1.165, 1.54) is 12.8 Å². The van der Waals surface area contributed by atoms with E-state index in [-0.39, 0.29) is 12.5 Å². The summed E-state index contributed by atoms with van der Waals surface area (Å²) in [7, 11) is 0. The van der Waals surface area contributed by atoms with Crippen LogP contribution in [0.15, 0.2) is 24.3 Å². The number of benzene rings is 1. The fraction of sp³-hybridized carbons (Fsp3) is 0.571. The summed E-state index contributed by atoms with van der Waals surface area (Å²) < 4.78 is 0. The molecule has 0 amide bonds. The Balaban J connectivity index is 2.74. The quantitative estimate of drug-likeness (QED) is 0.789. The first kappa shape index (κ1) is 13.5. The zero-order valence-electron chi connectivity index (χ0n) is 10.1. The van der Waals surface area contributed by atoms with Gasteiger partial charge in [0.05, 0.1) is 0 Å². The highest BCUT2D eigenvalue weighted by molar-refractivity contribution is 6.30. The molecule has 1 rings (SSSR count). The third kappa shape index (κ3) is 3.80. The molecule has 2 heteroatoms. The van der Waals surface area contributed by atoms with Gasteiger partial charge < -0.3 is 5.11 Å². The molecule has 90 valence electrons. The number of aliphatic hydroxyl groups is 1. The molecule has 0 spiro atoms. The molecule has 0 heterocycles. The molecular weight excluding hydrogens is 220 g/mol. The van der Waals surface area contributed by atoms with E-state index in [9.17, 15) is 5.11 Å². The van der Waals surface area contributed by atoms with Crippen LogP contribution in [0.1, 0.15) is 44.6 Å². The molecule has 1 nitrogen and oxygen atoms in total. The molecule has 0 aliphatic carbocycles. The van der Waals surface area contributed by atoms with E-state index in [1.807, 2.05) is 18.2 Å². The van der Waals surface area contributed by atoms with E-state index in [4.69, 9.17) is 11.6 Å². The van der Waals surface area contributed by atoms with Crippen LogP contribution in [-0.2, 0) is 0 Å². The monoisotopic (exact) mass is 240 g/mol. The average molecular weight is 241 g/mol. The van der Waals surface area contributed by atoms with Crippen LogP contribution >= 0.6 is 11.6 Å². The number of rotatable bonds is 6. The van der Waals surface area contributed by atoms with Crippen molar-refractivity contribution in [3.8, 4) is 0 Å². The molecule has 0 fully saturated rings. The SMILES string of the molecule is CCC(CC)CC(CO)c1cccc(Cl)c1. The van der Waals surface area contributed by atoms with Crippen LogP contribution in [0.4, 0.5) is 0 Å². The Labute approximate surface area is 103 Å². The largest absolute Gasteiger partial charge is 0.396 e. The first-order valence-electron chi connectivity index (χ1n) is 6.07. The highest BCUT2D eigenvalue weighted by Gasteiger charge is 2.15. The van der Waals surface area contributed by atoms with E-state index >= 15 is 0 Å². The number of hydrogen-bond acceptors (Lipinski definition) is 1. The lowest BCUT2D eigenvalue weighted by atomic mass is 9.87. The fourth-order valence-corrected chi connectivity index (χ4v) is 2.30. The van der Waals surface area contributed by atoms with Gasteiger partial charge >= 0.3 is 0 Å². The summed E-state index contributed by atoms with van der Waals surface area (Å²) in [4.78, 5) is 0. The molecule has 0 bridgehead atoms. The number of hydrogen-bond donors (Lipinski definition) is 1. The van der Waals surface area contributed by atoms with Crippen LogP contribution in [0.5, 0.6) is 0 Å². The second-order valence-corrected chi connectivity index (χ2v) is 4.79. The molecule has 16 heavy (non-hydrogen) atoms. The molecule has 0 aliphatic heterocycles. The minimum atomic E-state index is 0.205. The van der Waals surface area contributed by atoms with E-state index in [2.05, 4.69) is 19.9 Å². The predicted octanol–water partition coefficient (Wildman–Crippen LogP) is 4.24. The molecule has 1 unspecified atom stereocenters. The van der Waals surface area contributed by atoms with Crippen molar-refractivity contribution < 1.29 is 5.11 Å². The molecule has 0 saturated carbocycles. The minimum absolute atomic E-state index is 0.205. The van der Waals surface area contributed by atoms with Crippen LogP contribution in [0.25, 0.3) is 0 Å². The van der Waals surface area contributed by atoms with Crippen molar-refractivity contribution in [3.05, 3.63) is 34.9 Å². The van der Waals surface area contributed by atoms with Gasteiger partial charge in [-0.15, -0.1) is 0 Å². The Morgan fingerprint density at radius 2 is 1.94 bits per heavy atom. The van der Waals surface area contributed by atoms with Gasteiger partial charge in [0.1, 0.15) is 0 Å². The second kappa shape index (κ2) is 6.93. The number of aliphatic hydroxyl groups excluding tert-OH is 1. The number of halogens is 1. The standard InChI is InChI=1S/C14H21ClO/c1-3-11(4-2)8-13(10-16)12-6-5-7-14(15)9-12/h5-7,9,11,13,16H,3-4,8,10H2,1-2H3. The first-order valence-corrected chi connectivity index (χ1v) is 6.45. The minimum Gasteiger partial charge on any atom is -0.396 e. The molecule has 1 N–H and O–H groups in total. The molecule has 0 radical (unpaired) electrons. The molecule has 1 aromatic carbocycles. The second-order valence-electron chi connectivity index (χ2n) is 4.35. The van der Waals surface area contributed by atoms with Crippen LogP contribution < -0.4 is 0 Å². The van der Waals surface area contributed by atoms with Crippen molar-refractivity contribution >= 4 is 11.6 Å². The maximum atomic E-state index is 9.47. The molecule has 0 saturated heterocycles. The Bertz CT molecular complexity index is 307. The highest BCUT2D eigenvalue weighted by Crippen LogP contribution is 2.28. The molecule has 0 aromatic heterocycles. The van der Waals surface area contributed by atoms with Gasteiger partial charge in [-0.25, -0.2) is 0 Å². The molecule has 1 atom stereocenters. The van der Waals surface area contributed by atoms with Crippen LogP contribution in [0.3, 0.4) is 0 Å². The normalized spacial score (nSPS) is 13.1. The van der Waals surface area contributed by atoms with Gasteiger partial charge in [0.15, 0.2) is 0 Å². The zero-order chi connectivity index (χ0) is 12.0. The highest BCUT2D eigenvalue weighted by atomic mass is 35.5. The summed E-state index contributed by atoms with van der Waals surface area (Å²) in [6.07, 6.45) is 3.39. The summed E-state index contributed by atoms with van der Waals surface area (Å²) in [6, 6.07) is 7.84. The average Bonchev–Trinajstić information content (AvgIpc) is 2.31. The van der Waals surface area contributed by atoms with Crippen LogP contribution in [-0.4, -0.2) is 11.7 Å². The van der Waals surface area contributed by atoms with Crippen molar-refractivity contribution in [1.29, 1.82) is 0 Å². The summed E-state index contributed by atoms with van der Waals surface area (Å²) in [5, 5.41) is 10.2. The van der Waals surface area contributed by atoms with E-state index < -0.39 is 0 Å². The fourth-order valence-electron chi connectivity index (χ4n) is 2.10. The lowest BCUT2D eigenvalue weighted by Crippen LogP contribution is -2.10. The van der Waals surface area contributed by atoms with Crippen LogP contribution in [0, 0.1) is 5.92 Å². The summed E-state index contributed by atoms with van der Waals surface area (Å²) >= 11 is 5.97. The summed E-state index contributed by atoms with van der Waals surface area (Å²) in [5.74, 6) is 0.916. The van der Waals surface area contributed by atoms with Gasteiger partial charge in [0.25, 0.3) is 0 Å². The van der Waals surface area contributed by atoms with Crippen molar-refractivity contribution in [1.82, 2.24) is 0 Å². The van der Waals surface area contributed by atoms with Gasteiger partial charge in [-0.3, -0.25) is 0 Å². The Hall–Kier alpha value is -0.530. The smallest absolute Gasteiger partial charge is 0.0499 e. The van der Waals surface area contributed by atoms with Gasteiger partial charge in [-0.2, -0.15) is 0 Å². The zero-order valence-corrected chi connectivity index (χ0v) is 10.9. The Morgan fingerprint density at radius 1 is 1.25 bits per heavy atom. The van der Waals surface area contributed by atoms with Crippen LogP contribution in [0.2, 0.25) is 5.02 Å². The maximum absolute atomic E-state index is 9.47. The van der Waals surface area contributed by atoms with Crippen molar-refractivity contribution in [2.24, 2.45) is 5.92 Å². The maximum Gasteiger partial charge on any atom is 0.0499 e. The predicted molar refractivity (Wildman–Crippen MR) is 70.0 cm³/mol. The summed E-state index contributed by atoms with van der Waals surface area (Å²) in [5.41, 5.74) is 1.15. The van der Waals surface area contributed by atoms with E-state index in [0.29, 0.717) is 5.92 Å². The van der Waals surface area contributed by atoms with E-state index in [1.54, 1.807) is 0 Å². The first-order chi connectivity index (χ1) is 7.71. The van der Waals surface area contributed by atoms with E-state index in [0.717, 1.165) is 17.0 Å². The van der Waals surface area contributed by atoms with Crippen molar-refractivity contribution in [3.63, 3.8) is 0 Å². The Kier molecular flexibility index (Phi) is 5.86. The lowest BCUT2D eigenvalue weighted by molar-refractivity contribution is 0.240. The topological polar surface area (TPSA) is 20.2 Å². The molecular formula is C14H21ClO. The van der Waals surface area contributed by atoms with Gasteiger partial charge in [0, 0.05) is 17.5 Å². The summed E-state index contributed by atoms with van der Waals surface area (Å²) in [6.45, 7) is 4.62. The third-order valence-electron chi connectivity index (χ3n) is 3.31. The van der Waals surface area contributed by atoms with Gasteiger partial charge in [0.2, 0.25) is 0 Å². The third-order valence-corrected chi connectivity index (χ3v) is 3.55. The molecule has 0 aliphatic rings.